The van der Waals surface area contributed by atoms with Gasteiger partial charge in [0, 0.05) is 6.04 Å². The van der Waals surface area contributed by atoms with Gasteiger partial charge >= 0.3 is 12.0 Å². The Morgan fingerprint density at radius 1 is 1.20 bits per heavy atom. The van der Waals surface area contributed by atoms with Crippen molar-refractivity contribution >= 4 is 17.9 Å². The molecular weight excluding hydrogens is 264 g/mol. The third-order valence-corrected chi connectivity index (χ3v) is 3.15. The summed E-state index contributed by atoms with van der Waals surface area (Å²) in [6.45, 7) is 3.40. The number of hydrogen-bond donors (Lipinski definition) is 3. The Morgan fingerprint density at radius 3 is 2.30 bits per heavy atom. The van der Waals surface area contributed by atoms with Crippen LogP contribution < -0.4 is 10.6 Å². The molecule has 0 aromatic carbocycles. The number of nitrogens with one attached hydrogen (secondary N) is 2. The number of urea groups is 1. The van der Waals surface area contributed by atoms with Crippen LogP contribution in [0.15, 0.2) is 0 Å². The molecule has 0 atom stereocenters. The highest BCUT2D eigenvalue weighted by Gasteiger charge is 2.26. The van der Waals surface area contributed by atoms with Gasteiger partial charge in [-0.3, -0.25) is 14.9 Å². The van der Waals surface area contributed by atoms with Crippen LogP contribution in [-0.2, 0) is 14.3 Å². The lowest BCUT2D eigenvalue weighted by Gasteiger charge is -2.25. The Kier molecular flexibility index (Phi) is 6.44. The summed E-state index contributed by atoms with van der Waals surface area (Å²) in [4.78, 5) is 33.5. The maximum Gasteiger partial charge on any atom is 0.321 e. The highest BCUT2D eigenvalue weighted by molar-refractivity contribution is 5.94. The smallest absolute Gasteiger partial charge is 0.321 e. The van der Waals surface area contributed by atoms with Gasteiger partial charge in [0.2, 0.25) is 0 Å². The zero-order valence-electron chi connectivity index (χ0n) is 11.8. The number of aliphatic carboxylic acids is 1. The topological polar surface area (TPSA) is 105 Å². The summed E-state index contributed by atoms with van der Waals surface area (Å²) in [5.74, 6) is -1.57. The Labute approximate surface area is 118 Å². The molecule has 114 valence electrons. The molecule has 3 N–H and O–H groups in total. The van der Waals surface area contributed by atoms with Gasteiger partial charge in [0.05, 0.1) is 12.0 Å². The van der Waals surface area contributed by atoms with Gasteiger partial charge in [0.25, 0.3) is 5.91 Å². The highest BCUT2D eigenvalue weighted by Crippen LogP contribution is 2.26. The number of carboxylic acid groups (broad SMARTS) is 1. The fourth-order valence-corrected chi connectivity index (χ4v) is 2.13. The van der Waals surface area contributed by atoms with Crippen molar-refractivity contribution in [1.29, 1.82) is 0 Å². The third kappa shape index (κ3) is 6.01. The summed E-state index contributed by atoms with van der Waals surface area (Å²) >= 11 is 0. The molecule has 0 spiro atoms. The van der Waals surface area contributed by atoms with Gasteiger partial charge in [-0.05, 0) is 39.5 Å². The van der Waals surface area contributed by atoms with E-state index in [9.17, 15) is 14.4 Å². The molecule has 1 fully saturated rings. The number of ether oxygens (including phenoxy) is 1. The quantitative estimate of drug-likeness (QED) is 0.696. The number of amides is 3. The summed E-state index contributed by atoms with van der Waals surface area (Å²) in [6.07, 6.45) is 2.28. The van der Waals surface area contributed by atoms with Crippen molar-refractivity contribution in [3.8, 4) is 0 Å². The van der Waals surface area contributed by atoms with Crippen molar-refractivity contribution in [2.45, 2.75) is 51.7 Å². The minimum atomic E-state index is -0.772. The number of carbonyl (C=O) groups is 3. The fraction of sp³-hybridized carbons (Fsp3) is 0.769. The van der Waals surface area contributed by atoms with E-state index in [4.69, 9.17) is 9.84 Å². The zero-order valence-corrected chi connectivity index (χ0v) is 11.8. The summed E-state index contributed by atoms with van der Waals surface area (Å²) in [7, 11) is 0. The number of rotatable bonds is 5. The van der Waals surface area contributed by atoms with Crippen LogP contribution in [0.5, 0.6) is 0 Å². The normalized spacial score (nSPS) is 22.4. The zero-order chi connectivity index (χ0) is 15.1. The Bertz CT molecular complexity index is 362. The van der Waals surface area contributed by atoms with Crippen molar-refractivity contribution in [3.63, 3.8) is 0 Å². The van der Waals surface area contributed by atoms with E-state index < -0.39 is 17.9 Å². The summed E-state index contributed by atoms with van der Waals surface area (Å²) in [5, 5.41) is 13.6. The molecule has 0 unspecified atom stereocenters. The van der Waals surface area contributed by atoms with Crippen LogP contribution in [0.3, 0.4) is 0 Å². The van der Waals surface area contributed by atoms with Crippen LogP contribution in [0.4, 0.5) is 4.79 Å². The molecule has 3 amide bonds. The second kappa shape index (κ2) is 7.84. The van der Waals surface area contributed by atoms with Crippen molar-refractivity contribution in [1.82, 2.24) is 10.6 Å². The van der Waals surface area contributed by atoms with Crippen LogP contribution in [0.1, 0.15) is 39.5 Å². The van der Waals surface area contributed by atoms with E-state index in [1.54, 1.807) is 13.8 Å². The summed E-state index contributed by atoms with van der Waals surface area (Å²) < 4.78 is 5.39. The largest absolute Gasteiger partial charge is 0.481 e. The standard InChI is InChI=1S/C13H22N2O5/c1-8(2)14-13(19)15-11(16)7-20-10-5-3-9(4-6-10)12(17)18/h8-10H,3-7H2,1-2H3,(H,17,18)(H2,14,15,16,19). The van der Waals surface area contributed by atoms with Gasteiger partial charge in [0.1, 0.15) is 6.61 Å². The average Bonchev–Trinajstić information content (AvgIpc) is 2.35. The van der Waals surface area contributed by atoms with E-state index in [-0.39, 0.29) is 24.7 Å². The van der Waals surface area contributed by atoms with Gasteiger partial charge in [-0.1, -0.05) is 0 Å². The predicted molar refractivity (Wildman–Crippen MR) is 71.1 cm³/mol. The molecule has 0 saturated heterocycles. The van der Waals surface area contributed by atoms with E-state index in [0.717, 1.165) is 0 Å². The molecule has 0 heterocycles. The van der Waals surface area contributed by atoms with E-state index >= 15 is 0 Å². The highest BCUT2D eigenvalue weighted by atomic mass is 16.5. The second-order valence-corrected chi connectivity index (χ2v) is 5.30. The van der Waals surface area contributed by atoms with Crippen LogP contribution >= 0.6 is 0 Å². The van der Waals surface area contributed by atoms with Crippen molar-refractivity contribution in [2.75, 3.05) is 6.61 Å². The molecule has 0 radical (unpaired) electrons. The number of imide groups is 1. The van der Waals surface area contributed by atoms with Crippen LogP contribution in [0.2, 0.25) is 0 Å². The first-order valence-electron chi connectivity index (χ1n) is 6.83. The first kappa shape index (κ1) is 16.4. The second-order valence-electron chi connectivity index (χ2n) is 5.30. The number of hydrogen-bond acceptors (Lipinski definition) is 4. The van der Waals surface area contributed by atoms with Gasteiger partial charge in [0.15, 0.2) is 0 Å². The monoisotopic (exact) mass is 286 g/mol. The summed E-state index contributed by atoms with van der Waals surface area (Å²) in [5.41, 5.74) is 0. The number of carboxylic acids is 1. The van der Waals surface area contributed by atoms with E-state index in [1.165, 1.54) is 0 Å². The minimum Gasteiger partial charge on any atom is -0.481 e. The van der Waals surface area contributed by atoms with Gasteiger partial charge in [-0.2, -0.15) is 0 Å². The first-order chi connectivity index (χ1) is 9.38. The SMILES string of the molecule is CC(C)NC(=O)NC(=O)COC1CCC(C(=O)O)CC1. The molecule has 0 aromatic heterocycles. The maximum atomic E-state index is 11.5. The Balaban J connectivity index is 2.19. The summed E-state index contributed by atoms with van der Waals surface area (Å²) in [6, 6.07) is -0.585. The van der Waals surface area contributed by atoms with Crippen molar-refractivity contribution in [3.05, 3.63) is 0 Å². The fourth-order valence-electron chi connectivity index (χ4n) is 2.13. The van der Waals surface area contributed by atoms with E-state index in [1.807, 2.05) is 0 Å². The van der Waals surface area contributed by atoms with Gasteiger partial charge < -0.3 is 15.2 Å². The van der Waals surface area contributed by atoms with Crippen molar-refractivity contribution < 1.29 is 24.2 Å². The lowest BCUT2D eigenvalue weighted by atomic mass is 9.87. The lowest BCUT2D eigenvalue weighted by Crippen LogP contribution is -2.44. The van der Waals surface area contributed by atoms with Gasteiger partial charge in [-0.25, -0.2) is 4.79 Å². The van der Waals surface area contributed by atoms with E-state index in [0.29, 0.717) is 25.7 Å². The maximum absolute atomic E-state index is 11.5. The molecule has 7 nitrogen and oxygen atoms in total. The predicted octanol–water partition coefficient (Wildman–Crippen LogP) is 0.881. The third-order valence-electron chi connectivity index (χ3n) is 3.15. The molecule has 0 bridgehead atoms. The molecular formula is C13H22N2O5. The molecule has 1 aliphatic carbocycles. The molecule has 7 heteroatoms. The number of carbonyl (C=O) groups excluding carboxylic acids is 2. The van der Waals surface area contributed by atoms with E-state index in [2.05, 4.69) is 10.6 Å². The van der Waals surface area contributed by atoms with Crippen molar-refractivity contribution in [2.24, 2.45) is 5.92 Å². The van der Waals surface area contributed by atoms with Crippen LogP contribution in [-0.4, -0.2) is 41.8 Å². The average molecular weight is 286 g/mol. The van der Waals surface area contributed by atoms with Crippen LogP contribution in [0.25, 0.3) is 0 Å². The van der Waals surface area contributed by atoms with Crippen LogP contribution in [0, 0.1) is 5.92 Å². The minimum absolute atomic E-state index is 0.0463. The Hall–Kier alpha value is -1.63. The molecule has 0 aliphatic heterocycles. The molecule has 1 rings (SSSR count). The Morgan fingerprint density at radius 2 is 1.80 bits per heavy atom. The lowest BCUT2D eigenvalue weighted by molar-refractivity contribution is -0.144. The molecule has 1 aliphatic rings. The molecule has 1 saturated carbocycles. The van der Waals surface area contributed by atoms with Gasteiger partial charge in [-0.15, -0.1) is 0 Å². The molecule has 0 aromatic rings. The first-order valence-corrected chi connectivity index (χ1v) is 6.83. The molecule has 20 heavy (non-hydrogen) atoms.